The van der Waals surface area contributed by atoms with Gasteiger partial charge in [0.2, 0.25) is 5.91 Å². The summed E-state index contributed by atoms with van der Waals surface area (Å²) in [7, 11) is 0. The second kappa shape index (κ2) is 9.46. The van der Waals surface area contributed by atoms with E-state index < -0.39 is 0 Å². The number of hydrogen-bond acceptors (Lipinski definition) is 6. The number of ether oxygens (including phenoxy) is 1. The van der Waals surface area contributed by atoms with E-state index in [2.05, 4.69) is 41.4 Å². The van der Waals surface area contributed by atoms with Crippen molar-refractivity contribution in [2.45, 2.75) is 33.6 Å². The zero-order chi connectivity index (χ0) is 23.7. The number of aromatic nitrogens is 3. The minimum Gasteiger partial charge on any atom is -0.492 e. The SMILES string of the molecule is CCOc1ccccc1NC(=O)[C@H]1CCCN(c2nc3c(s2)c(C)nn3-c2ccc(C)cc2)C1. The summed E-state index contributed by atoms with van der Waals surface area (Å²) in [6, 6.07) is 15.9. The molecule has 7 nitrogen and oxygen atoms in total. The van der Waals surface area contributed by atoms with Crippen LogP contribution in [0.1, 0.15) is 31.0 Å². The Balaban J connectivity index is 1.35. The van der Waals surface area contributed by atoms with Crippen molar-refractivity contribution in [1.82, 2.24) is 14.8 Å². The molecular weight excluding hydrogens is 446 g/mol. The van der Waals surface area contributed by atoms with E-state index in [-0.39, 0.29) is 11.8 Å². The zero-order valence-corrected chi connectivity index (χ0v) is 20.6. The number of aryl methyl sites for hydroxylation is 2. The molecule has 8 heteroatoms. The summed E-state index contributed by atoms with van der Waals surface area (Å²) in [6.07, 6.45) is 1.81. The highest BCUT2D eigenvalue weighted by molar-refractivity contribution is 7.22. The van der Waals surface area contributed by atoms with E-state index in [4.69, 9.17) is 14.8 Å². The van der Waals surface area contributed by atoms with Crippen LogP contribution in [-0.2, 0) is 4.79 Å². The van der Waals surface area contributed by atoms with E-state index >= 15 is 0 Å². The number of amides is 1. The number of rotatable bonds is 6. The monoisotopic (exact) mass is 475 g/mol. The fourth-order valence-corrected chi connectivity index (χ4v) is 5.40. The molecule has 3 heterocycles. The van der Waals surface area contributed by atoms with Crippen molar-refractivity contribution >= 4 is 38.4 Å². The number of thiazole rings is 1. The van der Waals surface area contributed by atoms with Crippen LogP contribution in [0, 0.1) is 19.8 Å². The van der Waals surface area contributed by atoms with E-state index in [1.165, 1.54) is 5.56 Å². The molecule has 1 amide bonds. The van der Waals surface area contributed by atoms with Gasteiger partial charge in [-0.3, -0.25) is 4.79 Å². The maximum atomic E-state index is 13.1. The van der Waals surface area contributed by atoms with Gasteiger partial charge in [-0.1, -0.05) is 41.2 Å². The van der Waals surface area contributed by atoms with Gasteiger partial charge in [0, 0.05) is 13.1 Å². The number of nitrogens with one attached hydrogen (secondary N) is 1. The van der Waals surface area contributed by atoms with E-state index in [0.29, 0.717) is 18.9 Å². The van der Waals surface area contributed by atoms with Crippen molar-refractivity contribution in [1.29, 1.82) is 0 Å². The first-order valence-electron chi connectivity index (χ1n) is 11.7. The fourth-order valence-electron chi connectivity index (χ4n) is 4.38. The van der Waals surface area contributed by atoms with Crippen LogP contribution < -0.4 is 15.0 Å². The van der Waals surface area contributed by atoms with Crippen molar-refractivity contribution in [2.24, 2.45) is 5.92 Å². The maximum Gasteiger partial charge on any atom is 0.229 e. The molecule has 34 heavy (non-hydrogen) atoms. The Morgan fingerprint density at radius 2 is 1.97 bits per heavy atom. The largest absolute Gasteiger partial charge is 0.492 e. The minimum absolute atomic E-state index is 0.0278. The highest BCUT2D eigenvalue weighted by Crippen LogP contribution is 2.35. The number of carbonyl (C=O) groups excluding carboxylic acids is 1. The Bertz CT molecular complexity index is 1310. The number of para-hydroxylation sites is 2. The molecular formula is C26H29N5O2S. The molecule has 0 unspecified atom stereocenters. The van der Waals surface area contributed by atoms with Gasteiger partial charge in [0.05, 0.1) is 34.3 Å². The number of piperidine rings is 1. The van der Waals surface area contributed by atoms with Crippen LogP contribution >= 0.6 is 11.3 Å². The van der Waals surface area contributed by atoms with Crippen LogP contribution in [0.5, 0.6) is 5.75 Å². The molecule has 1 saturated heterocycles. The number of carbonyl (C=O) groups is 1. The first-order valence-corrected chi connectivity index (χ1v) is 12.6. The Morgan fingerprint density at radius 1 is 1.18 bits per heavy atom. The predicted octanol–water partition coefficient (Wildman–Crippen LogP) is 5.35. The topological polar surface area (TPSA) is 72.3 Å². The molecule has 176 valence electrons. The summed E-state index contributed by atoms with van der Waals surface area (Å²) in [6.45, 7) is 8.14. The summed E-state index contributed by atoms with van der Waals surface area (Å²) >= 11 is 1.66. The van der Waals surface area contributed by atoms with E-state index in [1.807, 2.05) is 42.8 Å². The predicted molar refractivity (Wildman–Crippen MR) is 137 cm³/mol. The van der Waals surface area contributed by atoms with Crippen LogP contribution in [-0.4, -0.2) is 40.4 Å². The molecule has 0 bridgehead atoms. The highest BCUT2D eigenvalue weighted by Gasteiger charge is 2.29. The molecule has 1 atom stereocenters. The van der Waals surface area contributed by atoms with Gasteiger partial charge in [-0.2, -0.15) is 10.1 Å². The minimum atomic E-state index is -0.106. The third-order valence-electron chi connectivity index (χ3n) is 6.16. The van der Waals surface area contributed by atoms with Crippen molar-refractivity contribution in [3.05, 3.63) is 59.8 Å². The third kappa shape index (κ3) is 4.37. The lowest BCUT2D eigenvalue weighted by atomic mass is 9.97. The molecule has 0 radical (unpaired) electrons. The van der Waals surface area contributed by atoms with E-state index in [1.54, 1.807) is 11.3 Å². The van der Waals surface area contributed by atoms with Gasteiger partial charge in [-0.25, -0.2) is 4.68 Å². The molecule has 0 aliphatic carbocycles. The summed E-state index contributed by atoms with van der Waals surface area (Å²) in [5, 5.41) is 8.75. The van der Waals surface area contributed by atoms with Crippen molar-refractivity contribution in [2.75, 3.05) is 29.9 Å². The molecule has 5 rings (SSSR count). The van der Waals surface area contributed by atoms with Crippen LogP contribution in [0.15, 0.2) is 48.5 Å². The molecule has 1 aliphatic rings. The fraction of sp³-hybridized carbons (Fsp3) is 0.346. The summed E-state index contributed by atoms with van der Waals surface area (Å²) < 4.78 is 8.67. The quantitative estimate of drug-likeness (QED) is 0.407. The van der Waals surface area contributed by atoms with Crippen LogP contribution in [0.3, 0.4) is 0 Å². The number of fused-ring (bicyclic) bond motifs is 1. The lowest BCUT2D eigenvalue weighted by Crippen LogP contribution is -2.40. The van der Waals surface area contributed by atoms with Gasteiger partial charge in [0.25, 0.3) is 0 Å². The van der Waals surface area contributed by atoms with Crippen molar-refractivity contribution in [3.63, 3.8) is 0 Å². The Kier molecular flexibility index (Phi) is 6.24. The first-order chi connectivity index (χ1) is 16.5. The summed E-state index contributed by atoms with van der Waals surface area (Å²) in [5.41, 5.74) is 4.78. The maximum absolute atomic E-state index is 13.1. The molecule has 2 aromatic heterocycles. The van der Waals surface area contributed by atoms with Gasteiger partial charge >= 0.3 is 0 Å². The van der Waals surface area contributed by atoms with Gasteiger partial charge in [-0.15, -0.1) is 0 Å². The molecule has 1 fully saturated rings. The summed E-state index contributed by atoms with van der Waals surface area (Å²) in [5.74, 6) is 0.624. The third-order valence-corrected chi connectivity index (χ3v) is 7.38. The van der Waals surface area contributed by atoms with Crippen LogP contribution in [0.25, 0.3) is 16.0 Å². The average Bonchev–Trinajstić information content (AvgIpc) is 3.42. The molecule has 2 aromatic carbocycles. The number of nitrogens with zero attached hydrogens (tertiary/aromatic N) is 4. The van der Waals surface area contributed by atoms with Gasteiger partial charge < -0.3 is 15.0 Å². The second-order valence-corrected chi connectivity index (χ2v) is 9.66. The first kappa shape index (κ1) is 22.4. The Labute approximate surface area is 203 Å². The van der Waals surface area contributed by atoms with E-state index in [0.717, 1.165) is 51.9 Å². The molecule has 1 aliphatic heterocycles. The lowest BCUT2D eigenvalue weighted by molar-refractivity contribution is -0.120. The van der Waals surface area contributed by atoms with Crippen molar-refractivity contribution < 1.29 is 9.53 Å². The van der Waals surface area contributed by atoms with E-state index in [9.17, 15) is 4.79 Å². The standard InChI is InChI=1S/C26H29N5O2S/c1-4-33-22-10-6-5-9-21(22)27-25(32)19-8-7-15-30(16-19)26-28-24-23(34-26)18(3)29-31(24)20-13-11-17(2)12-14-20/h5-6,9-14,19H,4,7-8,15-16H2,1-3H3,(H,27,32)/t19-/m0/s1. The Morgan fingerprint density at radius 3 is 2.76 bits per heavy atom. The van der Waals surface area contributed by atoms with Gasteiger partial charge in [0.1, 0.15) is 5.75 Å². The number of anilines is 2. The smallest absolute Gasteiger partial charge is 0.229 e. The Hall–Kier alpha value is -3.39. The molecule has 0 spiro atoms. The molecule has 4 aromatic rings. The average molecular weight is 476 g/mol. The number of hydrogen-bond donors (Lipinski definition) is 1. The molecule has 1 N–H and O–H groups in total. The van der Waals surface area contributed by atoms with Crippen LogP contribution in [0.4, 0.5) is 10.8 Å². The summed E-state index contributed by atoms with van der Waals surface area (Å²) in [4.78, 5) is 20.3. The van der Waals surface area contributed by atoms with Crippen LogP contribution in [0.2, 0.25) is 0 Å². The van der Waals surface area contributed by atoms with Gasteiger partial charge in [-0.05, 0) is 57.9 Å². The number of benzene rings is 2. The molecule has 0 saturated carbocycles. The normalized spacial score (nSPS) is 16.1. The lowest BCUT2D eigenvalue weighted by Gasteiger charge is -2.31. The second-order valence-electron chi connectivity index (χ2n) is 8.69. The van der Waals surface area contributed by atoms with Gasteiger partial charge in [0.15, 0.2) is 10.8 Å². The zero-order valence-electron chi connectivity index (χ0n) is 19.7. The highest BCUT2D eigenvalue weighted by atomic mass is 32.1. The van der Waals surface area contributed by atoms with Crippen molar-refractivity contribution in [3.8, 4) is 11.4 Å².